The van der Waals surface area contributed by atoms with E-state index in [1.54, 1.807) is 17.0 Å². The average Bonchev–Trinajstić information content (AvgIpc) is 2.68. The highest BCUT2D eigenvalue weighted by atomic mass is 35.5. The van der Waals surface area contributed by atoms with Gasteiger partial charge in [0, 0.05) is 36.9 Å². The van der Waals surface area contributed by atoms with Crippen LogP contribution in [0.2, 0.25) is 10.0 Å². The number of anilines is 2. The van der Waals surface area contributed by atoms with E-state index in [0.29, 0.717) is 31.2 Å². The highest BCUT2D eigenvalue weighted by Gasteiger charge is 2.23. The summed E-state index contributed by atoms with van der Waals surface area (Å²) in [6, 6.07) is 12.3. The summed E-state index contributed by atoms with van der Waals surface area (Å²) < 4.78 is 5.11. The predicted molar refractivity (Wildman–Crippen MR) is 106 cm³/mol. The van der Waals surface area contributed by atoms with Crippen molar-refractivity contribution in [2.45, 2.75) is 0 Å². The smallest absolute Gasteiger partial charge is 0.340 e. The molecule has 0 atom stereocenters. The molecule has 0 aromatic heterocycles. The molecule has 8 heteroatoms. The summed E-state index contributed by atoms with van der Waals surface area (Å²) in [6.45, 7) is 2.12. The number of nitrogens with two attached hydrogens (primary N) is 1. The Hall–Kier alpha value is -2.44. The van der Waals surface area contributed by atoms with Gasteiger partial charge in [0.25, 0.3) is 5.91 Å². The van der Waals surface area contributed by atoms with Gasteiger partial charge in [-0.1, -0.05) is 35.3 Å². The Morgan fingerprint density at radius 2 is 1.74 bits per heavy atom. The Kier molecular flexibility index (Phi) is 6.08. The summed E-state index contributed by atoms with van der Waals surface area (Å²) in [4.78, 5) is 28.3. The number of rotatable bonds is 4. The number of amides is 1. The van der Waals surface area contributed by atoms with Crippen LogP contribution in [0.5, 0.6) is 0 Å². The first-order chi connectivity index (χ1) is 13.0. The van der Waals surface area contributed by atoms with E-state index in [2.05, 4.69) is 4.90 Å². The fourth-order valence-corrected chi connectivity index (χ4v) is 3.26. The maximum atomic E-state index is 12.3. The van der Waals surface area contributed by atoms with Crippen LogP contribution >= 0.6 is 23.2 Å². The first-order valence-corrected chi connectivity index (χ1v) is 9.20. The maximum Gasteiger partial charge on any atom is 0.340 e. The monoisotopic (exact) mass is 407 g/mol. The van der Waals surface area contributed by atoms with Gasteiger partial charge in [-0.05, 0) is 30.3 Å². The van der Waals surface area contributed by atoms with Crippen LogP contribution in [0, 0.1) is 0 Å². The van der Waals surface area contributed by atoms with Crippen molar-refractivity contribution >= 4 is 46.5 Å². The Labute approximate surface area is 167 Å². The summed E-state index contributed by atoms with van der Waals surface area (Å²) in [5.41, 5.74) is 7.10. The van der Waals surface area contributed by atoms with Crippen LogP contribution in [0.25, 0.3) is 0 Å². The summed E-state index contributed by atoms with van der Waals surface area (Å²) in [5, 5.41) is 0.950. The van der Waals surface area contributed by atoms with E-state index in [1.165, 1.54) is 6.07 Å². The molecule has 1 saturated heterocycles. The molecule has 0 unspecified atom stereocenters. The second kappa shape index (κ2) is 8.50. The number of hydrogen-bond acceptors (Lipinski definition) is 5. The topological polar surface area (TPSA) is 75.9 Å². The minimum absolute atomic E-state index is 0.145. The third-order valence-electron chi connectivity index (χ3n) is 4.41. The maximum absolute atomic E-state index is 12.3. The van der Waals surface area contributed by atoms with Crippen molar-refractivity contribution in [3.63, 3.8) is 0 Å². The lowest BCUT2D eigenvalue weighted by atomic mass is 10.2. The summed E-state index contributed by atoms with van der Waals surface area (Å²) >= 11 is 11.9. The molecule has 27 heavy (non-hydrogen) atoms. The van der Waals surface area contributed by atoms with E-state index in [9.17, 15) is 9.59 Å². The van der Waals surface area contributed by atoms with E-state index in [0.717, 1.165) is 5.69 Å². The molecule has 1 aliphatic heterocycles. The Bertz CT molecular complexity index is 852. The van der Waals surface area contributed by atoms with Crippen molar-refractivity contribution < 1.29 is 14.3 Å². The van der Waals surface area contributed by atoms with Crippen molar-refractivity contribution in [3.8, 4) is 0 Å². The molecular weight excluding hydrogens is 389 g/mol. The molecule has 0 spiro atoms. The third-order valence-corrected chi connectivity index (χ3v) is 4.97. The summed E-state index contributed by atoms with van der Waals surface area (Å²) in [5.74, 6) is -0.907. The summed E-state index contributed by atoms with van der Waals surface area (Å²) in [7, 11) is 0. The molecule has 1 aliphatic rings. The zero-order valence-corrected chi connectivity index (χ0v) is 16.0. The number of esters is 1. The van der Waals surface area contributed by atoms with Crippen LogP contribution in [0.3, 0.4) is 0 Å². The fourth-order valence-electron chi connectivity index (χ4n) is 2.90. The van der Waals surface area contributed by atoms with Gasteiger partial charge in [-0.15, -0.1) is 0 Å². The SMILES string of the molecule is Nc1c(Cl)cccc1C(=O)OCC(=O)N1CCN(c2cccc(Cl)c2)CC1. The van der Waals surface area contributed by atoms with Crippen molar-refractivity contribution in [2.24, 2.45) is 0 Å². The van der Waals surface area contributed by atoms with Crippen LogP contribution in [-0.2, 0) is 9.53 Å². The number of hydrogen-bond donors (Lipinski definition) is 1. The number of piperazine rings is 1. The number of nitrogen functional groups attached to an aromatic ring is 1. The first-order valence-electron chi connectivity index (χ1n) is 8.45. The van der Waals surface area contributed by atoms with E-state index < -0.39 is 5.97 Å². The normalized spacial score (nSPS) is 14.1. The molecule has 2 N–H and O–H groups in total. The van der Waals surface area contributed by atoms with Gasteiger partial charge in [0.2, 0.25) is 0 Å². The molecule has 2 aromatic carbocycles. The molecule has 1 heterocycles. The molecule has 1 fully saturated rings. The zero-order valence-electron chi connectivity index (χ0n) is 14.5. The van der Waals surface area contributed by atoms with Crippen molar-refractivity contribution in [2.75, 3.05) is 43.4 Å². The highest BCUT2D eigenvalue weighted by Crippen LogP contribution is 2.23. The van der Waals surface area contributed by atoms with Crippen LogP contribution in [0.4, 0.5) is 11.4 Å². The zero-order chi connectivity index (χ0) is 19.4. The van der Waals surface area contributed by atoms with Gasteiger partial charge in [0.15, 0.2) is 6.61 Å². The molecule has 142 valence electrons. The summed E-state index contributed by atoms with van der Waals surface area (Å²) in [6.07, 6.45) is 0. The van der Waals surface area contributed by atoms with E-state index in [1.807, 2.05) is 24.3 Å². The second-order valence-corrected chi connectivity index (χ2v) is 6.97. The molecule has 1 amide bonds. The van der Waals surface area contributed by atoms with Crippen LogP contribution < -0.4 is 10.6 Å². The minimum Gasteiger partial charge on any atom is -0.452 e. The van der Waals surface area contributed by atoms with Gasteiger partial charge < -0.3 is 20.3 Å². The molecule has 0 aliphatic carbocycles. The molecule has 2 aromatic rings. The minimum atomic E-state index is -0.666. The second-order valence-electron chi connectivity index (χ2n) is 6.12. The quantitative estimate of drug-likeness (QED) is 0.622. The number of carbonyl (C=O) groups excluding carboxylic acids is 2. The Morgan fingerprint density at radius 1 is 1.04 bits per heavy atom. The van der Waals surface area contributed by atoms with E-state index >= 15 is 0 Å². The number of nitrogens with zero attached hydrogens (tertiary/aromatic N) is 2. The van der Waals surface area contributed by atoms with Crippen molar-refractivity contribution in [3.05, 3.63) is 58.1 Å². The number of benzene rings is 2. The number of carbonyl (C=O) groups is 2. The molecule has 0 bridgehead atoms. The predicted octanol–water partition coefficient (Wildman–Crippen LogP) is 3.08. The van der Waals surface area contributed by atoms with Gasteiger partial charge >= 0.3 is 5.97 Å². The van der Waals surface area contributed by atoms with Crippen LogP contribution in [-0.4, -0.2) is 49.6 Å². The molecule has 0 saturated carbocycles. The first kappa shape index (κ1) is 19.3. The Morgan fingerprint density at radius 3 is 2.44 bits per heavy atom. The van der Waals surface area contributed by atoms with E-state index in [-0.39, 0.29) is 28.8 Å². The third kappa shape index (κ3) is 4.64. The number of ether oxygens (including phenoxy) is 1. The highest BCUT2D eigenvalue weighted by molar-refractivity contribution is 6.33. The number of para-hydroxylation sites is 1. The molecule has 3 rings (SSSR count). The van der Waals surface area contributed by atoms with Gasteiger partial charge in [0.05, 0.1) is 16.3 Å². The number of halogens is 2. The molecule has 6 nitrogen and oxygen atoms in total. The average molecular weight is 408 g/mol. The largest absolute Gasteiger partial charge is 0.452 e. The standard InChI is InChI=1S/C19H19Cl2N3O3/c20-13-3-1-4-14(11-13)23-7-9-24(10-8-23)17(25)12-27-19(26)15-5-2-6-16(21)18(15)22/h1-6,11H,7-10,12,22H2. The Balaban J connectivity index is 1.51. The fraction of sp³-hybridized carbons (Fsp3) is 0.263. The van der Waals surface area contributed by atoms with Gasteiger partial charge in [0.1, 0.15) is 0 Å². The van der Waals surface area contributed by atoms with Crippen LogP contribution in [0.15, 0.2) is 42.5 Å². The van der Waals surface area contributed by atoms with Crippen molar-refractivity contribution in [1.29, 1.82) is 0 Å². The van der Waals surface area contributed by atoms with Crippen molar-refractivity contribution in [1.82, 2.24) is 4.90 Å². The lowest BCUT2D eigenvalue weighted by Crippen LogP contribution is -2.49. The molecular formula is C19H19Cl2N3O3. The lowest BCUT2D eigenvalue weighted by molar-refractivity contribution is -0.134. The van der Waals surface area contributed by atoms with E-state index in [4.69, 9.17) is 33.7 Å². The molecule has 0 radical (unpaired) electrons. The lowest BCUT2D eigenvalue weighted by Gasteiger charge is -2.36. The van der Waals surface area contributed by atoms with Gasteiger partial charge in [-0.25, -0.2) is 4.79 Å². The van der Waals surface area contributed by atoms with Gasteiger partial charge in [-0.3, -0.25) is 4.79 Å². The van der Waals surface area contributed by atoms with Crippen LogP contribution in [0.1, 0.15) is 10.4 Å². The van der Waals surface area contributed by atoms with Gasteiger partial charge in [-0.2, -0.15) is 0 Å².